The Kier molecular flexibility index (Phi) is 5.58. The molecule has 0 radical (unpaired) electrons. The predicted molar refractivity (Wildman–Crippen MR) is 127 cm³/mol. The Bertz CT molecular complexity index is 1310. The van der Waals surface area contributed by atoms with Crippen molar-refractivity contribution in [2.45, 2.75) is 32.7 Å². The number of aryl methyl sites for hydroxylation is 2. The van der Waals surface area contributed by atoms with Crippen molar-refractivity contribution in [2.75, 3.05) is 18.1 Å². The molecule has 168 valence electrons. The van der Waals surface area contributed by atoms with Crippen LogP contribution >= 0.6 is 0 Å². The van der Waals surface area contributed by atoms with Gasteiger partial charge in [-0.3, -0.25) is 4.79 Å². The maximum absolute atomic E-state index is 14.3. The number of para-hydroxylation sites is 3. The summed E-state index contributed by atoms with van der Waals surface area (Å²) in [6, 6.07) is 20.5. The van der Waals surface area contributed by atoms with Crippen LogP contribution in [0.4, 0.5) is 10.1 Å². The number of imidazole rings is 1. The molecule has 1 aliphatic rings. The molecule has 0 unspecified atom stereocenters. The highest BCUT2D eigenvalue weighted by Gasteiger charge is 2.35. The Morgan fingerprint density at radius 1 is 1.03 bits per heavy atom. The summed E-state index contributed by atoms with van der Waals surface area (Å²) >= 11 is 0. The number of hydrogen-bond acceptors (Lipinski definition) is 3. The zero-order chi connectivity index (χ0) is 22.9. The van der Waals surface area contributed by atoms with E-state index in [2.05, 4.69) is 24.5 Å². The smallest absolute Gasteiger partial charge is 0.227 e. The van der Waals surface area contributed by atoms with Gasteiger partial charge in [0.05, 0.1) is 23.3 Å². The molecule has 1 saturated heterocycles. The average molecular weight is 444 g/mol. The largest absolute Gasteiger partial charge is 0.492 e. The number of fused-ring (bicyclic) bond motifs is 1. The van der Waals surface area contributed by atoms with E-state index in [0.717, 1.165) is 33.7 Å². The second-order valence-corrected chi connectivity index (χ2v) is 8.64. The molecule has 5 rings (SSSR count). The second-order valence-electron chi connectivity index (χ2n) is 8.64. The fraction of sp³-hybridized carbons (Fsp3) is 0.259. The van der Waals surface area contributed by atoms with Crippen LogP contribution in [-0.4, -0.2) is 28.6 Å². The average Bonchev–Trinajstić information content (AvgIpc) is 3.34. The molecule has 1 aromatic heterocycles. The van der Waals surface area contributed by atoms with E-state index in [-0.39, 0.29) is 17.6 Å². The first-order valence-corrected chi connectivity index (χ1v) is 11.2. The Hall–Kier alpha value is -3.67. The van der Waals surface area contributed by atoms with Gasteiger partial charge in [0.25, 0.3) is 0 Å². The third-order valence-corrected chi connectivity index (χ3v) is 6.10. The summed E-state index contributed by atoms with van der Waals surface area (Å²) in [6.45, 7) is 5.60. The molecule has 1 aliphatic heterocycles. The van der Waals surface area contributed by atoms with Gasteiger partial charge in [0, 0.05) is 18.9 Å². The number of nitrogens with zero attached hydrogens (tertiary/aromatic N) is 3. The lowest BCUT2D eigenvalue weighted by molar-refractivity contribution is -0.117. The first kappa shape index (κ1) is 21.2. The molecule has 2 heterocycles. The highest BCUT2D eigenvalue weighted by Crippen LogP contribution is 2.34. The zero-order valence-electron chi connectivity index (χ0n) is 18.8. The Morgan fingerprint density at radius 2 is 1.76 bits per heavy atom. The van der Waals surface area contributed by atoms with E-state index in [1.807, 2.05) is 36.4 Å². The highest BCUT2D eigenvalue weighted by atomic mass is 19.1. The van der Waals surface area contributed by atoms with Gasteiger partial charge in [0.2, 0.25) is 5.91 Å². The molecule has 0 spiro atoms. The molecule has 0 saturated carbocycles. The van der Waals surface area contributed by atoms with E-state index in [9.17, 15) is 9.18 Å². The number of carbonyl (C=O) groups is 1. The maximum Gasteiger partial charge on any atom is 0.227 e. The van der Waals surface area contributed by atoms with Crippen molar-refractivity contribution in [3.8, 4) is 5.75 Å². The summed E-state index contributed by atoms with van der Waals surface area (Å²) < 4.78 is 22.5. The molecule has 4 aromatic rings. The fourth-order valence-corrected chi connectivity index (χ4v) is 4.70. The number of aromatic nitrogens is 2. The molecule has 6 heteroatoms. The number of hydrogen-bond donors (Lipinski definition) is 0. The molecule has 33 heavy (non-hydrogen) atoms. The van der Waals surface area contributed by atoms with Gasteiger partial charge >= 0.3 is 0 Å². The minimum absolute atomic E-state index is 0.0878. The van der Waals surface area contributed by atoms with E-state index in [1.54, 1.807) is 18.2 Å². The monoisotopic (exact) mass is 443 g/mol. The first-order chi connectivity index (χ1) is 16.0. The van der Waals surface area contributed by atoms with Gasteiger partial charge in [-0.05, 0) is 61.4 Å². The second kappa shape index (κ2) is 8.70. The van der Waals surface area contributed by atoms with Gasteiger partial charge in [-0.25, -0.2) is 9.37 Å². The van der Waals surface area contributed by atoms with Crippen molar-refractivity contribution < 1.29 is 13.9 Å². The van der Waals surface area contributed by atoms with Crippen molar-refractivity contribution in [3.63, 3.8) is 0 Å². The number of ether oxygens (including phenoxy) is 1. The van der Waals surface area contributed by atoms with Crippen LogP contribution in [0.15, 0.2) is 66.7 Å². The number of carbonyl (C=O) groups excluding carboxylic acids is 1. The number of anilines is 1. The van der Waals surface area contributed by atoms with E-state index >= 15 is 0 Å². The summed E-state index contributed by atoms with van der Waals surface area (Å²) in [5.74, 6) is 1.09. The number of amides is 1. The molecular weight excluding hydrogens is 417 g/mol. The van der Waals surface area contributed by atoms with Crippen LogP contribution in [0, 0.1) is 19.7 Å². The zero-order valence-corrected chi connectivity index (χ0v) is 18.8. The molecule has 3 aromatic carbocycles. The van der Waals surface area contributed by atoms with Crippen LogP contribution in [-0.2, 0) is 11.3 Å². The van der Waals surface area contributed by atoms with Gasteiger partial charge in [-0.1, -0.05) is 30.3 Å². The minimum atomic E-state index is -0.387. The number of rotatable bonds is 6. The van der Waals surface area contributed by atoms with Crippen molar-refractivity contribution in [3.05, 3.63) is 89.5 Å². The lowest BCUT2D eigenvalue weighted by Gasteiger charge is -2.18. The number of benzene rings is 3. The van der Waals surface area contributed by atoms with Crippen LogP contribution in [0.5, 0.6) is 5.75 Å². The van der Waals surface area contributed by atoms with Crippen molar-refractivity contribution >= 4 is 22.6 Å². The van der Waals surface area contributed by atoms with Crippen LogP contribution < -0.4 is 9.64 Å². The van der Waals surface area contributed by atoms with E-state index in [1.165, 1.54) is 11.0 Å². The summed E-state index contributed by atoms with van der Waals surface area (Å²) in [5, 5.41) is 0. The number of halogens is 1. The molecule has 5 nitrogen and oxygen atoms in total. The third kappa shape index (κ3) is 4.21. The highest BCUT2D eigenvalue weighted by molar-refractivity contribution is 5.96. The van der Waals surface area contributed by atoms with Gasteiger partial charge in [-0.15, -0.1) is 0 Å². The molecule has 1 atom stereocenters. The lowest BCUT2D eigenvalue weighted by Crippen LogP contribution is -2.25. The summed E-state index contributed by atoms with van der Waals surface area (Å²) in [5.41, 5.74) is 4.54. The van der Waals surface area contributed by atoms with Gasteiger partial charge < -0.3 is 14.2 Å². The lowest BCUT2D eigenvalue weighted by atomic mass is 10.1. The topological polar surface area (TPSA) is 47.4 Å². The quantitative estimate of drug-likeness (QED) is 0.401. The standard InChI is InChI=1S/C27H26FN3O2/c1-18-13-19(2)15-21(14-18)33-12-11-30-25-10-6-4-8-23(25)29-27(30)20-16-26(32)31(17-20)24-9-5-3-7-22(24)28/h3-10,13-15,20H,11-12,16-17H2,1-2H3/t20-/m0/s1. The van der Waals surface area contributed by atoms with Gasteiger partial charge in [0.1, 0.15) is 24.0 Å². The Morgan fingerprint density at radius 3 is 2.55 bits per heavy atom. The van der Waals surface area contributed by atoms with E-state index < -0.39 is 0 Å². The summed E-state index contributed by atoms with van der Waals surface area (Å²) in [6.07, 6.45) is 0.301. The SMILES string of the molecule is Cc1cc(C)cc(OCCn2c([C@H]3CC(=O)N(c4ccccc4F)C3)nc3ccccc32)c1. The maximum atomic E-state index is 14.3. The van der Waals surface area contributed by atoms with Crippen molar-refractivity contribution in [1.82, 2.24) is 9.55 Å². The van der Waals surface area contributed by atoms with Crippen LogP contribution in [0.25, 0.3) is 11.0 Å². The molecule has 0 aliphatic carbocycles. The first-order valence-electron chi connectivity index (χ1n) is 11.2. The molecule has 0 N–H and O–H groups in total. The normalized spacial score (nSPS) is 16.0. The fourth-order valence-electron chi connectivity index (χ4n) is 4.70. The van der Waals surface area contributed by atoms with Gasteiger partial charge in [0.15, 0.2) is 0 Å². The third-order valence-electron chi connectivity index (χ3n) is 6.10. The van der Waals surface area contributed by atoms with E-state index in [4.69, 9.17) is 9.72 Å². The Balaban J connectivity index is 1.41. The van der Waals surface area contributed by atoms with Crippen LogP contribution in [0.3, 0.4) is 0 Å². The van der Waals surface area contributed by atoms with Gasteiger partial charge in [-0.2, -0.15) is 0 Å². The van der Waals surface area contributed by atoms with Crippen molar-refractivity contribution in [1.29, 1.82) is 0 Å². The van der Waals surface area contributed by atoms with E-state index in [0.29, 0.717) is 31.8 Å². The Labute approximate surface area is 192 Å². The summed E-state index contributed by atoms with van der Waals surface area (Å²) in [7, 11) is 0. The molecule has 1 fully saturated rings. The molecule has 1 amide bonds. The molecule has 0 bridgehead atoms. The molecular formula is C27H26FN3O2. The van der Waals surface area contributed by atoms with Crippen LogP contribution in [0.1, 0.15) is 29.3 Å². The van der Waals surface area contributed by atoms with Crippen LogP contribution in [0.2, 0.25) is 0 Å². The minimum Gasteiger partial charge on any atom is -0.492 e. The predicted octanol–water partition coefficient (Wildman–Crippen LogP) is 5.39. The summed E-state index contributed by atoms with van der Waals surface area (Å²) in [4.78, 5) is 19.2. The van der Waals surface area contributed by atoms with Crippen molar-refractivity contribution in [2.24, 2.45) is 0 Å².